The van der Waals surface area contributed by atoms with E-state index < -0.39 is 10.8 Å². The lowest BCUT2D eigenvalue weighted by Gasteiger charge is -2.51. The zero-order chi connectivity index (χ0) is 13.5. The molecule has 0 amide bonds. The molecule has 2 N–H and O–H groups in total. The maximum absolute atomic E-state index is 9.75. The Bertz CT molecular complexity index is 259. The Morgan fingerprint density at radius 1 is 0.889 bits per heavy atom. The zero-order valence-corrected chi connectivity index (χ0v) is 10.9. The van der Waals surface area contributed by atoms with E-state index in [1.54, 1.807) is 0 Å². The summed E-state index contributed by atoms with van der Waals surface area (Å²) in [5, 5.41) is 19.5. The standard InChI is InChI=1S/C14H24O4/c1-3-17-11-14(12-18-4-2)8-6-5-7-13(14,9-15)10-16/h3-4,15-16H,1-2,5-12H2. The molecule has 0 atom stereocenters. The summed E-state index contributed by atoms with van der Waals surface area (Å²) in [5.74, 6) is 0. The molecular weight excluding hydrogens is 232 g/mol. The highest BCUT2D eigenvalue weighted by molar-refractivity contribution is 5.01. The average Bonchev–Trinajstić information content (AvgIpc) is 2.43. The van der Waals surface area contributed by atoms with E-state index in [4.69, 9.17) is 9.47 Å². The third-order valence-corrected chi connectivity index (χ3v) is 4.25. The summed E-state index contributed by atoms with van der Waals surface area (Å²) in [6.45, 7) is 7.75. The highest BCUT2D eigenvalue weighted by Crippen LogP contribution is 2.51. The van der Waals surface area contributed by atoms with Crippen LogP contribution in [0.5, 0.6) is 0 Å². The second kappa shape index (κ2) is 6.81. The van der Waals surface area contributed by atoms with Gasteiger partial charge in [-0.25, -0.2) is 0 Å². The van der Waals surface area contributed by atoms with Crippen LogP contribution in [-0.4, -0.2) is 36.6 Å². The second-order valence-electron chi connectivity index (χ2n) is 5.04. The summed E-state index contributed by atoms with van der Waals surface area (Å²) in [7, 11) is 0. The third-order valence-electron chi connectivity index (χ3n) is 4.25. The first-order chi connectivity index (χ1) is 8.70. The monoisotopic (exact) mass is 256 g/mol. The van der Waals surface area contributed by atoms with Crippen molar-refractivity contribution < 1.29 is 19.7 Å². The van der Waals surface area contributed by atoms with Gasteiger partial charge >= 0.3 is 0 Å². The minimum Gasteiger partial charge on any atom is -0.501 e. The van der Waals surface area contributed by atoms with Crippen molar-refractivity contribution in [2.45, 2.75) is 25.7 Å². The predicted molar refractivity (Wildman–Crippen MR) is 69.8 cm³/mol. The molecule has 0 aromatic heterocycles. The third kappa shape index (κ3) is 2.70. The van der Waals surface area contributed by atoms with Crippen LogP contribution in [0.4, 0.5) is 0 Å². The summed E-state index contributed by atoms with van der Waals surface area (Å²) in [4.78, 5) is 0. The van der Waals surface area contributed by atoms with Gasteiger partial charge in [0.05, 0.1) is 39.0 Å². The first kappa shape index (κ1) is 15.1. The fourth-order valence-corrected chi connectivity index (χ4v) is 2.93. The molecule has 0 aliphatic heterocycles. The summed E-state index contributed by atoms with van der Waals surface area (Å²) in [5.41, 5.74) is -0.950. The van der Waals surface area contributed by atoms with Crippen LogP contribution in [0.15, 0.2) is 25.7 Å². The molecule has 1 rings (SSSR count). The van der Waals surface area contributed by atoms with Gasteiger partial charge in [-0.05, 0) is 12.8 Å². The normalized spacial score (nSPS) is 21.0. The van der Waals surface area contributed by atoms with E-state index in [-0.39, 0.29) is 13.2 Å². The van der Waals surface area contributed by atoms with Gasteiger partial charge in [0.1, 0.15) is 0 Å². The molecule has 104 valence electrons. The Morgan fingerprint density at radius 3 is 1.72 bits per heavy atom. The Kier molecular flexibility index (Phi) is 5.69. The Hall–Kier alpha value is -1.00. The van der Waals surface area contributed by atoms with Crippen LogP contribution >= 0.6 is 0 Å². The van der Waals surface area contributed by atoms with Gasteiger partial charge in [0.15, 0.2) is 0 Å². The molecule has 4 heteroatoms. The van der Waals surface area contributed by atoms with Crippen molar-refractivity contribution >= 4 is 0 Å². The van der Waals surface area contributed by atoms with Crippen molar-refractivity contribution in [3.8, 4) is 0 Å². The largest absolute Gasteiger partial charge is 0.501 e. The molecule has 0 aromatic carbocycles. The smallest absolute Gasteiger partial charge is 0.0968 e. The molecule has 0 saturated heterocycles. The second-order valence-corrected chi connectivity index (χ2v) is 5.04. The van der Waals surface area contributed by atoms with E-state index in [9.17, 15) is 10.2 Å². The minimum absolute atomic E-state index is 0.0650. The quantitative estimate of drug-likeness (QED) is 0.651. The summed E-state index contributed by atoms with van der Waals surface area (Å²) in [6.07, 6.45) is 6.47. The van der Waals surface area contributed by atoms with Crippen LogP contribution in [0.1, 0.15) is 25.7 Å². The van der Waals surface area contributed by atoms with Crippen LogP contribution < -0.4 is 0 Å². The van der Waals surface area contributed by atoms with E-state index in [2.05, 4.69) is 13.2 Å². The van der Waals surface area contributed by atoms with Crippen molar-refractivity contribution in [2.75, 3.05) is 26.4 Å². The van der Waals surface area contributed by atoms with E-state index in [0.717, 1.165) is 25.7 Å². The number of hydrogen-bond donors (Lipinski definition) is 2. The van der Waals surface area contributed by atoms with Crippen molar-refractivity contribution in [2.24, 2.45) is 10.8 Å². The summed E-state index contributed by atoms with van der Waals surface area (Å²) >= 11 is 0. The molecule has 0 spiro atoms. The number of ether oxygens (including phenoxy) is 2. The van der Waals surface area contributed by atoms with E-state index in [1.807, 2.05) is 0 Å². The van der Waals surface area contributed by atoms with Gasteiger partial charge in [-0.2, -0.15) is 0 Å². The maximum atomic E-state index is 9.75. The first-order valence-corrected chi connectivity index (χ1v) is 6.37. The van der Waals surface area contributed by atoms with Gasteiger partial charge < -0.3 is 19.7 Å². The predicted octanol–water partition coefficient (Wildman–Crippen LogP) is 1.84. The Morgan fingerprint density at radius 2 is 1.33 bits per heavy atom. The van der Waals surface area contributed by atoms with Crippen molar-refractivity contribution in [1.29, 1.82) is 0 Å². The molecule has 1 saturated carbocycles. The average molecular weight is 256 g/mol. The number of aliphatic hydroxyl groups is 2. The van der Waals surface area contributed by atoms with E-state index >= 15 is 0 Å². The van der Waals surface area contributed by atoms with Crippen molar-refractivity contribution in [1.82, 2.24) is 0 Å². The molecule has 18 heavy (non-hydrogen) atoms. The van der Waals surface area contributed by atoms with Crippen LogP contribution in [0.3, 0.4) is 0 Å². The van der Waals surface area contributed by atoms with Gasteiger partial charge in [0, 0.05) is 10.8 Å². The number of aliphatic hydroxyl groups excluding tert-OH is 2. The fourth-order valence-electron chi connectivity index (χ4n) is 2.93. The maximum Gasteiger partial charge on any atom is 0.0968 e. The van der Waals surface area contributed by atoms with Gasteiger partial charge in [-0.3, -0.25) is 0 Å². The fraction of sp³-hybridized carbons (Fsp3) is 0.714. The molecule has 0 heterocycles. The van der Waals surface area contributed by atoms with Crippen molar-refractivity contribution in [3.63, 3.8) is 0 Å². The van der Waals surface area contributed by atoms with Crippen LogP contribution in [-0.2, 0) is 9.47 Å². The van der Waals surface area contributed by atoms with E-state index in [0.29, 0.717) is 13.2 Å². The molecule has 1 aliphatic carbocycles. The molecule has 4 nitrogen and oxygen atoms in total. The Labute approximate surface area is 109 Å². The Balaban J connectivity index is 2.99. The topological polar surface area (TPSA) is 58.9 Å². The van der Waals surface area contributed by atoms with Gasteiger partial charge in [-0.1, -0.05) is 26.0 Å². The van der Waals surface area contributed by atoms with Gasteiger partial charge in [0.2, 0.25) is 0 Å². The summed E-state index contributed by atoms with van der Waals surface area (Å²) < 4.78 is 10.7. The molecule has 0 aromatic rings. The lowest BCUT2D eigenvalue weighted by Crippen LogP contribution is -2.54. The first-order valence-electron chi connectivity index (χ1n) is 6.37. The molecule has 1 fully saturated rings. The lowest BCUT2D eigenvalue weighted by atomic mass is 9.57. The molecule has 1 aliphatic rings. The number of hydrogen-bond acceptors (Lipinski definition) is 4. The molecule has 0 bridgehead atoms. The van der Waals surface area contributed by atoms with Gasteiger partial charge in [-0.15, -0.1) is 0 Å². The molecule has 0 unspecified atom stereocenters. The number of rotatable bonds is 8. The van der Waals surface area contributed by atoms with E-state index in [1.165, 1.54) is 12.5 Å². The van der Waals surface area contributed by atoms with Crippen LogP contribution in [0.2, 0.25) is 0 Å². The minimum atomic E-state index is -0.558. The highest BCUT2D eigenvalue weighted by Gasteiger charge is 2.53. The molecular formula is C14H24O4. The SMILES string of the molecule is C=COCC1(COC=C)CCCCC1(CO)CO. The zero-order valence-electron chi connectivity index (χ0n) is 10.9. The molecule has 0 radical (unpaired) electrons. The lowest BCUT2D eigenvalue weighted by molar-refractivity contribution is -0.140. The summed E-state index contributed by atoms with van der Waals surface area (Å²) in [6, 6.07) is 0. The van der Waals surface area contributed by atoms with Crippen molar-refractivity contribution in [3.05, 3.63) is 25.7 Å². The van der Waals surface area contributed by atoms with Crippen LogP contribution in [0.25, 0.3) is 0 Å². The van der Waals surface area contributed by atoms with Crippen LogP contribution in [0, 0.1) is 10.8 Å². The highest BCUT2D eigenvalue weighted by atomic mass is 16.5. The van der Waals surface area contributed by atoms with Gasteiger partial charge in [0.25, 0.3) is 0 Å².